The fourth-order valence-electron chi connectivity index (χ4n) is 3.34. The van der Waals surface area contributed by atoms with Crippen LogP contribution in [0.25, 0.3) is 0 Å². The Labute approximate surface area is 132 Å². The van der Waals surface area contributed by atoms with E-state index in [4.69, 9.17) is 21.1 Å². The Balaban J connectivity index is 2.11. The van der Waals surface area contributed by atoms with E-state index in [1.807, 2.05) is 6.07 Å². The summed E-state index contributed by atoms with van der Waals surface area (Å²) < 4.78 is 11.8. The molecule has 3 nitrogen and oxygen atoms in total. The minimum absolute atomic E-state index is 0.334. The Hall–Kier alpha value is -0.930. The van der Waals surface area contributed by atoms with E-state index < -0.39 is 0 Å². The van der Waals surface area contributed by atoms with Crippen LogP contribution in [0.4, 0.5) is 0 Å². The van der Waals surface area contributed by atoms with Gasteiger partial charge in [0.05, 0.1) is 13.2 Å². The zero-order valence-corrected chi connectivity index (χ0v) is 13.6. The maximum absolute atomic E-state index is 6.62. The van der Waals surface area contributed by atoms with Crippen LogP contribution in [-0.4, -0.2) is 19.8 Å². The average Bonchev–Trinajstić information content (AvgIpc) is 2.71. The van der Waals surface area contributed by atoms with Gasteiger partial charge < -0.3 is 14.8 Å². The molecule has 3 rings (SSSR count). The van der Waals surface area contributed by atoms with Gasteiger partial charge in [-0.25, -0.2) is 0 Å². The summed E-state index contributed by atoms with van der Waals surface area (Å²) in [6, 6.07) is 2.28. The van der Waals surface area contributed by atoms with Crippen molar-refractivity contribution in [3.63, 3.8) is 0 Å². The molecule has 116 valence electrons. The van der Waals surface area contributed by atoms with Gasteiger partial charge in [0.15, 0.2) is 11.5 Å². The molecule has 21 heavy (non-hydrogen) atoms. The number of piperidine rings is 1. The Bertz CT molecular complexity index is 510. The number of halogens is 1. The van der Waals surface area contributed by atoms with Crippen LogP contribution in [0.2, 0.25) is 5.02 Å². The van der Waals surface area contributed by atoms with E-state index in [0.29, 0.717) is 25.2 Å². The quantitative estimate of drug-likeness (QED) is 0.876. The van der Waals surface area contributed by atoms with Crippen molar-refractivity contribution in [1.82, 2.24) is 5.32 Å². The third-order valence-electron chi connectivity index (χ3n) is 4.30. The number of hydrogen-bond acceptors (Lipinski definition) is 3. The van der Waals surface area contributed by atoms with E-state index in [9.17, 15) is 0 Å². The second-order valence-corrected chi connectivity index (χ2v) is 6.63. The summed E-state index contributed by atoms with van der Waals surface area (Å²) in [5, 5.41) is 4.42. The van der Waals surface area contributed by atoms with Crippen molar-refractivity contribution in [2.75, 3.05) is 19.8 Å². The molecule has 0 spiro atoms. The average molecular weight is 310 g/mol. The zero-order chi connectivity index (χ0) is 14.8. The van der Waals surface area contributed by atoms with Crippen LogP contribution in [-0.2, 0) is 0 Å². The summed E-state index contributed by atoms with van der Waals surface area (Å²) in [5.41, 5.74) is 2.44. The van der Waals surface area contributed by atoms with Gasteiger partial charge >= 0.3 is 0 Å². The maximum atomic E-state index is 6.62. The van der Waals surface area contributed by atoms with Gasteiger partial charge in [-0.1, -0.05) is 31.9 Å². The lowest BCUT2D eigenvalue weighted by atomic mass is 9.88. The van der Waals surface area contributed by atoms with Crippen LogP contribution in [0.5, 0.6) is 11.5 Å². The van der Waals surface area contributed by atoms with Crippen LogP contribution in [0.1, 0.15) is 62.6 Å². The van der Waals surface area contributed by atoms with Gasteiger partial charge in [-0.05, 0) is 30.9 Å². The molecule has 0 amide bonds. The number of benzene rings is 1. The molecule has 1 N–H and O–H groups in total. The Morgan fingerprint density at radius 1 is 1.19 bits per heavy atom. The molecule has 0 radical (unpaired) electrons. The molecule has 0 bridgehead atoms. The van der Waals surface area contributed by atoms with Gasteiger partial charge in [-0.3, -0.25) is 0 Å². The number of nitrogens with one attached hydrogen (secondary N) is 1. The molecule has 2 aliphatic heterocycles. The summed E-state index contributed by atoms with van der Waals surface area (Å²) in [6.45, 7) is 6.87. The van der Waals surface area contributed by atoms with E-state index in [2.05, 4.69) is 19.2 Å². The molecule has 1 aromatic carbocycles. The number of rotatable bonds is 2. The first-order chi connectivity index (χ1) is 10.2. The van der Waals surface area contributed by atoms with Gasteiger partial charge in [-0.2, -0.15) is 0 Å². The van der Waals surface area contributed by atoms with E-state index >= 15 is 0 Å². The molecular formula is C17H24ClNO2. The molecule has 1 unspecified atom stereocenters. The molecule has 0 aromatic heterocycles. The van der Waals surface area contributed by atoms with Crippen LogP contribution in [0.15, 0.2) is 6.07 Å². The molecule has 2 aliphatic rings. The second kappa shape index (κ2) is 6.45. The van der Waals surface area contributed by atoms with Crippen molar-refractivity contribution < 1.29 is 9.47 Å². The highest BCUT2D eigenvalue weighted by molar-refractivity contribution is 6.31. The Kier molecular flexibility index (Phi) is 4.60. The van der Waals surface area contributed by atoms with Crippen LogP contribution < -0.4 is 14.8 Å². The van der Waals surface area contributed by atoms with E-state index in [0.717, 1.165) is 35.9 Å². The van der Waals surface area contributed by atoms with Crippen molar-refractivity contribution in [1.29, 1.82) is 0 Å². The lowest BCUT2D eigenvalue weighted by Crippen LogP contribution is -2.28. The standard InChI is InChI=1S/C17H24ClNO2/c1-11(2)15-16(13-6-3-4-7-19-13)12(18)10-14-17(15)21-9-5-8-20-14/h10-11,13,19H,3-9H2,1-2H3. The molecule has 2 heterocycles. The predicted octanol–water partition coefficient (Wildman–Crippen LogP) is 4.44. The summed E-state index contributed by atoms with van der Waals surface area (Å²) in [7, 11) is 0. The predicted molar refractivity (Wildman–Crippen MR) is 85.7 cm³/mol. The third-order valence-corrected chi connectivity index (χ3v) is 4.62. The van der Waals surface area contributed by atoms with Crippen molar-refractivity contribution >= 4 is 11.6 Å². The van der Waals surface area contributed by atoms with Crippen LogP contribution in [0.3, 0.4) is 0 Å². The van der Waals surface area contributed by atoms with Gasteiger partial charge in [0.2, 0.25) is 0 Å². The first-order valence-electron chi connectivity index (χ1n) is 8.03. The minimum Gasteiger partial charge on any atom is -0.489 e. The molecule has 0 aliphatic carbocycles. The van der Waals surface area contributed by atoms with Crippen LogP contribution in [0, 0.1) is 0 Å². The number of ether oxygens (including phenoxy) is 2. The maximum Gasteiger partial charge on any atom is 0.165 e. The van der Waals surface area contributed by atoms with E-state index in [-0.39, 0.29) is 0 Å². The third kappa shape index (κ3) is 3.00. The smallest absolute Gasteiger partial charge is 0.165 e. The second-order valence-electron chi connectivity index (χ2n) is 6.22. The van der Waals surface area contributed by atoms with E-state index in [1.54, 1.807) is 0 Å². The van der Waals surface area contributed by atoms with Gasteiger partial charge in [0, 0.05) is 29.1 Å². The fraction of sp³-hybridized carbons (Fsp3) is 0.647. The highest BCUT2D eigenvalue weighted by atomic mass is 35.5. The van der Waals surface area contributed by atoms with Gasteiger partial charge in [-0.15, -0.1) is 0 Å². The van der Waals surface area contributed by atoms with E-state index in [1.165, 1.54) is 24.0 Å². The lowest BCUT2D eigenvalue weighted by Gasteiger charge is -2.29. The zero-order valence-electron chi connectivity index (χ0n) is 12.9. The van der Waals surface area contributed by atoms with Crippen molar-refractivity contribution in [3.05, 3.63) is 22.2 Å². The highest BCUT2D eigenvalue weighted by Crippen LogP contribution is 2.46. The van der Waals surface area contributed by atoms with Gasteiger partial charge in [0.1, 0.15) is 0 Å². The normalized spacial score (nSPS) is 22.2. The van der Waals surface area contributed by atoms with Crippen LogP contribution >= 0.6 is 11.6 Å². The summed E-state index contributed by atoms with van der Waals surface area (Å²) in [6.07, 6.45) is 4.55. The van der Waals surface area contributed by atoms with Crippen molar-refractivity contribution in [2.45, 2.75) is 51.5 Å². The molecule has 1 saturated heterocycles. The first-order valence-corrected chi connectivity index (χ1v) is 8.41. The monoisotopic (exact) mass is 309 g/mol. The van der Waals surface area contributed by atoms with Crippen molar-refractivity contribution in [2.24, 2.45) is 0 Å². The molecule has 1 aromatic rings. The summed E-state index contributed by atoms with van der Waals surface area (Å²) >= 11 is 6.62. The molecule has 0 saturated carbocycles. The minimum atomic E-state index is 0.334. The Morgan fingerprint density at radius 3 is 2.71 bits per heavy atom. The summed E-state index contributed by atoms with van der Waals surface area (Å²) in [4.78, 5) is 0. The summed E-state index contributed by atoms with van der Waals surface area (Å²) in [5.74, 6) is 2.08. The first kappa shape index (κ1) is 15.0. The molecular weight excluding hydrogens is 286 g/mol. The number of hydrogen-bond donors (Lipinski definition) is 1. The SMILES string of the molecule is CC(C)c1c2c(cc(Cl)c1C1CCCCN1)OCCCO2. The largest absolute Gasteiger partial charge is 0.489 e. The van der Waals surface area contributed by atoms with Gasteiger partial charge in [0.25, 0.3) is 0 Å². The lowest BCUT2D eigenvalue weighted by molar-refractivity contribution is 0.295. The molecule has 1 fully saturated rings. The topological polar surface area (TPSA) is 30.5 Å². The Morgan fingerprint density at radius 2 is 2.00 bits per heavy atom. The van der Waals surface area contributed by atoms with Crippen molar-refractivity contribution in [3.8, 4) is 11.5 Å². The molecule has 1 atom stereocenters. The fourth-order valence-corrected chi connectivity index (χ4v) is 3.67. The number of fused-ring (bicyclic) bond motifs is 1. The molecule has 4 heteroatoms. The highest BCUT2D eigenvalue weighted by Gasteiger charge is 2.28.